The van der Waals surface area contributed by atoms with E-state index in [1.165, 1.54) is 17.0 Å². The van der Waals surface area contributed by atoms with Crippen LogP contribution in [0.15, 0.2) is 24.3 Å². The molecule has 0 saturated carbocycles. The molecule has 19 heavy (non-hydrogen) atoms. The highest BCUT2D eigenvalue weighted by atomic mass is 31.2. The molecule has 1 fully saturated rings. The van der Waals surface area contributed by atoms with Crippen molar-refractivity contribution in [1.82, 2.24) is 4.90 Å². The number of carbonyl (C=O) groups is 1. The molecule has 0 spiro atoms. The molecule has 1 aromatic rings. The zero-order valence-corrected chi connectivity index (χ0v) is 11.3. The second-order valence-electron chi connectivity index (χ2n) is 4.65. The van der Waals surface area contributed by atoms with Gasteiger partial charge in [0.1, 0.15) is 11.5 Å². The quantitative estimate of drug-likeness (QED) is 0.829. The third kappa shape index (κ3) is 2.86. The fraction of sp³-hybridized carbons (Fsp3) is 0.417. The van der Waals surface area contributed by atoms with Gasteiger partial charge in [0.05, 0.1) is 6.04 Å². The highest BCUT2D eigenvalue weighted by Gasteiger charge is 2.44. The van der Waals surface area contributed by atoms with E-state index in [1.807, 2.05) is 0 Å². The van der Waals surface area contributed by atoms with Gasteiger partial charge in [0, 0.05) is 6.54 Å². The Labute approximate surface area is 110 Å². The summed E-state index contributed by atoms with van der Waals surface area (Å²) in [4.78, 5) is 31.6. The van der Waals surface area contributed by atoms with Crippen molar-refractivity contribution >= 4 is 13.5 Å². The van der Waals surface area contributed by atoms with Gasteiger partial charge in [-0.15, -0.1) is 0 Å². The summed E-state index contributed by atoms with van der Waals surface area (Å²) in [6.45, 7) is 2.06. The third-order valence-corrected chi connectivity index (χ3v) is 4.73. The number of hydrogen-bond acceptors (Lipinski definition) is 2. The highest BCUT2D eigenvalue weighted by Crippen LogP contribution is 2.47. The van der Waals surface area contributed by atoms with Crippen molar-refractivity contribution in [3.05, 3.63) is 35.6 Å². The van der Waals surface area contributed by atoms with Crippen molar-refractivity contribution in [1.29, 1.82) is 0 Å². The number of rotatable bonds is 3. The van der Waals surface area contributed by atoms with E-state index in [-0.39, 0.29) is 18.3 Å². The van der Waals surface area contributed by atoms with Gasteiger partial charge in [0.2, 0.25) is 5.91 Å². The van der Waals surface area contributed by atoms with Crippen molar-refractivity contribution in [3.63, 3.8) is 0 Å². The van der Waals surface area contributed by atoms with Gasteiger partial charge in [0.25, 0.3) is 0 Å². The first kappa shape index (κ1) is 14.2. The fourth-order valence-electron chi connectivity index (χ4n) is 2.30. The minimum atomic E-state index is -4.40. The molecule has 0 bridgehead atoms. The summed E-state index contributed by atoms with van der Waals surface area (Å²) < 4.78 is 24.0. The van der Waals surface area contributed by atoms with Crippen LogP contribution in [0.4, 0.5) is 4.39 Å². The van der Waals surface area contributed by atoms with Crippen LogP contribution in [0.5, 0.6) is 0 Å². The third-order valence-electron chi connectivity index (χ3n) is 3.44. The lowest BCUT2D eigenvalue weighted by Gasteiger charge is -2.25. The van der Waals surface area contributed by atoms with Gasteiger partial charge in [-0.25, -0.2) is 4.39 Å². The molecular weight excluding hydrogens is 272 g/mol. The lowest BCUT2D eigenvalue weighted by atomic mass is 10.1. The highest BCUT2D eigenvalue weighted by molar-refractivity contribution is 7.53. The van der Waals surface area contributed by atoms with Crippen LogP contribution in [0.3, 0.4) is 0 Å². The summed E-state index contributed by atoms with van der Waals surface area (Å²) in [6, 6.07) is 5.40. The molecule has 1 amide bonds. The van der Waals surface area contributed by atoms with Crippen molar-refractivity contribution in [2.75, 3.05) is 6.54 Å². The van der Waals surface area contributed by atoms with E-state index < -0.39 is 19.2 Å². The Morgan fingerprint density at radius 3 is 2.42 bits per heavy atom. The molecule has 7 heteroatoms. The molecular formula is C12H15FNO4P. The Morgan fingerprint density at radius 2 is 1.95 bits per heavy atom. The molecule has 1 saturated heterocycles. The first-order valence-electron chi connectivity index (χ1n) is 5.92. The predicted octanol–water partition coefficient (Wildman–Crippen LogP) is 1.67. The normalized spacial score (nSPS) is 21.8. The maximum atomic E-state index is 12.8. The number of halogens is 1. The number of hydrogen-bond donors (Lipinski definition) is 2. The van der Waals surface area contributed by atoms with E-state index in [4.69, 9.17) is 9.79 Å². The van der Waals surface area contributed by atoms with Crippen LogP contribution >= 0.6 is 7.60 Å². The monoisotopic (exact) mass is 287 g/mol. The number of nitrogens with zero attached hydrogens (tertiary/aromatic N) is 1. The molecule has 1 heterocycles. The second kappa shape index (κ2) is 5.04. The minimum absolute atomic E-state index is 0.147. The molecule has 5 nitrogen and oxygen atoms in total. The molecule has 2 atom stereocenters. The number of benzene rings is 1. The molecule has 1 aliphatic heterocycles. The molecule has 2 N–H and O–H groups in total. The Morgan fingerprint density at radius 1 is 1.37 bits per heavy atom. The lowest BCUT2D eigenvalue weighted by Crippen LogP contribution is -2.32. The van der Waals surface area contributed by atoms with Crippen LogP contribution < -0.4 is 0 Å². The van der Waals surface area contributed by atoms with Crippen LogP contribution in [0.25, 0.3) is 0 Å². The van der Waals surface area contributed by atoms with Gasteiger partial charge in [-0.3, -0.25) is 9.36 Å². The topological polar surface area (TPSA) is 77.8 Å². The zero-order valence-electron chi connectivity index (χ0n) is 10.4. The Hall–Kier alpha value is -1.23. The average Bonchev–Trinajstić information content (AvgIpc) is 2.71. The molecule has 0 aromatic heterocycles. The fourth-order valence-corrected chi connectivity index (χ4v) is 3.19. The van der Waals surface area contributed by atoms with Gasteiger partial charge in [-0.1, -0.05) is 12.1 Å². The lowest BCUT2D eigenvalue weighted by molar-refractivity contribution is -0.129. The van der Waals surface area contributed by atoms with Crippen molar-refractivity contribution in [2.45, 2.75) is 25.0 Å². The van der Waals surface area contributed by atoms with Crippen molar-refractivity contribution in [2.24, 2.45) is 0 Å². The van der Waals surface area contributed by atoms with Crippen LogP contribution in [-0.2, 0) is 9.36 Å². The molecule has 1 unspecified atom stereocenters. The largest absolute Gasteiger partial charge is 0.338 e. The average molecular weight is 287 g/mol. The van der Waals surface area contributed by atoms with E-state index in [0.717, 1.165) is 5.56 Å². The van der Waals surface area contributed by atoms with Gasteiger partial charge in [-0.2, -0.15) is 0 Å². The summed E-state index contributed by atoms with van der Waals surface area (Å²) in [6.07, 6.45) is 0.147. The Balaban J connectivity index is 2.18. The van der Waals surface area contributed by atoms with E-state index in [9.17, 15) is 13.8 Å². The summed E-state index contributed by atoms with van der Waals surface area (Å²) in [5.41, 5.74) is -0.503. The van der Waals surface area contributed by atoms with Gasteiger partial charge >= 0.3 is 7.60 Å². The summed E-state index contributed by atoms with van der Waals surface area (Å²) in [7, 11) is -4.40. The molecule has 1 aromatic carbocycles. The number of amides is 1. The van der Waals surface area contributed by atoms with Crippen molar-refractivity contribution in [3.8, 4) is 0 Å². The van der Waals surface area contributed by atoms with Crippen LogP contribution in [0.1, 0.15) is 24.9 Å². The molecule has 0 aliphatic carbocycles. The maximum Gasteiger partial charge on any atom is 0.338 e. The van der Waals surface area contributed by atoms with Gasteiger partial charge < -0.3 is 14.7 Å². The number of carbonyl (C=O) groups excluding carboxylic acids is 1. The van der Waals surface area contributed by atoms with Gasteiger partial charge in [0.15, 0.2) is 0 Å². The standard InChI is InChI=1S/C12H15FNO4P/c1-8(9-2-4-10(13)5-3-9)14-7-6-11(12(14)15)19(16,17)18/h2-5,8,11H,6-7H2,1H3,(H2,16,17,18)/t8-,11?/m0/s1. The van der Waals surface area contributed by atoms with Crippen LogP contribution in [0, 0.1) is 5.82 Å². The maximum absolute atomic E-state index is 12.8. The Kier molecular flexibility index (Phi) is 3.76. The molecule has 104 valence electrons. The SMILES string of the molecule is C[C@@H](c1ccc(F)cc1)N1CCC(P(=O)(O)O)C1=O. The minimum Gasteiger partial charge on any atom is -0.335 e. The van der Waals surface area contributed by atoms with E-state index >= 15 is 0 Å². The van der Waals surface area contributed by atoms with Gasteiger partial charge in [-0.05, 0) is 31.0 Å². The molecule has 1 aliphatic rings. The summed E-state index contributed by atoms with van der Waals surface area (Å²) >= 11 is 0. The van der Waals surface area contributed by atoms with E-state index in [2.05, 4.69) is 0 Å². The first-order chi connectivity index (χ1) is 8.80. The van der Waals surface area contributed by atoms with E-state index in [1.54, 1.807) is 19.1 Å². The first-order valence-corrected chi connectivity index (χ1v) is 7.60. The number of likely N-dealkylation sites (tertiary alicyclic amines) is 1. The smallest absolute Gasteiger partial charge is 0.335 e. The van der Waals surface area contributed by atoms with Crippen LogP contribution in [-0.4, -0.2) is 32.8 Å². The molecule has 0 radical (unpaired) electrons. The van der Waals surface area contributed by atoms with E-state index in [0.29, 0.717) is 6.54 Å². The van der Waals surface area contributed by atoms with Crippen molar-refractivity contribution < 1.29 is 23.5 Å². The Bertz CT molecular complexity index is 527. The molecule has 2 rings (SSSR count). The zero-order chi connectivity index (χ0) is 14.2. The van der Waals surface area contributed by atoms with Crippen LogP contribution in [0.2, 0.25) is 0 Å². The summed E-state index contributed by atoms with van der Waals surface area (Å²) in [5.74, 6) is -0.901. The summed E-state index contributed by atoms with van der Waals surface area (Å²) in [5, 5.41) is 0. The predicted molar refractivity (Wildman–Crippen MR) is 67.0 cm³/mol. The second-order valence-corrected chi connectivity index (χ2v) is 6.45.